The highest BCUT2D eigenvalue weighted by Gasteiger charge is 2.03. The van der Waals surface area contributed by atoms with E-state index >= 15 is 0 Å². The molecule has 1 nitrogen and oxygen atoms in total. The second-order valence-electron chi connectivity index (χ2n) is 4.19. The fourth-order valence-corrected chi connectivity index (χ4v) is 0.850. The maximum absolute atomic E-state index is 4.04. The Hall–Kier alpha value is -1.29. The van der Waals surface area contributed by atoms with Crippen LogP contribution in [0.25, 0.3) is 0 Å². The fraction of sp³-hybridized carbons (Fsp3) is 0.417. The minimum atomic E-state index is 0.0578. The molecular weight excluding hydrogens is 158 g/mol. The predicted octanol–water partition coefficient (Wildman–Crippen LogP) is 2.79. The smallest absolute Gasteiger partial charge is 0.0458 e. The van der Waals surface area contributed by atoms with Crippen molar-refractivity contribution in [2.45, 2.75) is 27.7 Å². The van der Waals surface area contributed by atoms with Gasteiger partial charge in [0.15, 0.2) is 0 Å². The molecule has 0 fully saturated rings. The highest BCUT2D eigenvalue weighted by molar-refractivity contribution is 5.38. The van der Waals surface area contributed by atoms with Crippen LogP contribution < -0.4 is 0 Å². The van der Waals surface area contributed by atoms with Crippen LogP contribution >= 0.6 is 0 Å². The molecular formula is C12H15N. The molecule has 0 aliphatic rings. The molecule has 1 aromatic rings. The van der Waals surface area contributed by atoms with Crippen molar-refractivity contribution in [1.82, 2.24) is 4.98 Å². The molecule has 0 spiro atoms. The van der Waals surface area contributed by atoms with Crippen molar-refractivity contribution in [3.8, 4) is 11.8 Å². The Morgan fingerprint density at radius 3 is 2.54 bits per heavy atom. The monoisotopic (exact) mass is 173 g/mol. The molecule has 0 aliphatic carbocycles. The maximum Gasteiger partial charge on any atom is 0.0458 e. The Morgan fingerprint density at radius 2 is 2.00 bits per heavy atom. The van der Waals surface area contributed by atoms with Crippen LogP contribution in [0.1, 0.15) is 31.9 Å². The van der Waals surface area contributed by atoms with E-state index in [1.54, 1.807) is 6.20 Å². The summed E-state index contributed by atoms with van der Waals surface area (Å²) in [4.78, 5) is 4.04. The third kappa shape index (κ3) is 3.29. The van der Waals surface area contributed by atoms with E-state index in [1.165, 1.54) is 5.56 Å². The van der Waals surface area contributed by atoms with Gasteiger partial charge >= 0.3 is 0 Å². The molecule has 0 N–H and O–H groups in total. The molecule has 0 aromatic carbocycles. The second kappa shape index (κ2) is 3.62. The standard InChI is InChI=1S/C12H15N/c1-10-6-8-13-9-11(10)5-7-12(2,3)4/h6,8-9H,1-4H3. The highest BCUT2D eigenvalue weighted by atomic mass is 14.6. The van der Waals surface area contributed by atoms with Crippen molar-refractivity contribution in [1.29, 1.82) is 0 Å². The van der Waals surface area contributed by atoms with Crippen LogP contribution in [-0.4, -0.2) is 4.98 Å². The molecule has 0 atom stereocenters. The van der Waals surface area contributed by atoms with Crippen LogP contribution in [0.3, 0.4) is 0 Å². The molecule has 1 aromatic heterocycles. The molecule has 0 saturated heterocycles. The average molecular weight is 173 g/mol. The van der Waals surface area contributed by atoms with Gasteiger partial charge in [-0.3, -0.25) is 4.98 Å². The third-order valence-corrected chi connectivity index (χ3v) is 1.61. The minimum Gasteiger partial charge on any atom is -0.263 e. The molecule has 0 aliphatic heterocycles. The summed E-state index contributed by atoms with van der Waals surface area (Å²) in [6.45, 7) is 8.36. The van der Waals surface area contributed by atoms with Gasteiger partial charge in [0.25, 0.3) is 0 Å². The lowest BCUT2D eigenvalue weighted by Gasteiger charge is -2.07. The van der Waals surface area contributed by atoms with E-state index < -0.39 is 0 Å². The summed E-state index contributed by atoms with van der Waals surface area (Å²) >= 11 is 0. The summed E-state index contributed by atoms with van der Waals surface area (Å²) in [5, 5.41) is 0. The van der Waals surface area contributed by atoms with E-state index in [1.807, 2.05) is 19.2 Å². The Bertz CT molecular complexity index is 347. The van der Waals surface area contributed by atoms with Crippen molar-refractivity contribution in [3.05, 3.63) is 29.6 Å². The maximum atomic E-state index is 4.04. The summed E-state index contributed by atoms with van der Waals surface area (Å²) in [5.74, 6) is 6.33. The van der Waals surface area contributed by atoms with E-state index in [0.717, 1.165) is 5.56 Å². The topological polar surface area (TPSA) is 12.9 Å². The van der Waals surface area contributed by atoms with E-state index in [2.05, 4.69) is 37.6 Å². The zero-order valence-corrected chi connectivity index (χ0v) is 8.68. The molecule has 1 heteroatoms. The van der Waals surface area contributed by atoms with E-state index in [9.17, 15) is 0 Å². The van der Waals surface area contributed by atoms with E-state index in [-0.39, 0.29) is 5.41 Å². The van der Waals surface area contributed by atoms with Gasteiger partial charge in [0.1, 0.15) is 0 Å². The van der Waals surface area contributed by atoms with Crippen molar-refractivity contribution < 1.29 is 0 Å². The number of aryl methyl sites for hydroxylation is 1. The predicted molar refractivity (Wildman–Crippen MR) is 55.3 cm³/mol. The van der Waals surface area contributed by atoms with Gasteiger partial charge in [-0.05, 0) is 39.3 Å². The lowest BCUT2D eigenvalue weighted by Crippen LogP contribution is -1.99. The largest absolute Gasteiger partial charge is 0.263 e. The number of nitrogens with zero attached hydrogens (tertiary/aromatic N) is 1. The Morgan fingerprint density at radius 1 is 1.31 bits per heavy atom. The van der Waals surface area contributed by atoms with Crippen LogP contribution in [0.15, 0.2) is 18.5 Å². The van der Waals surface area contributed by atoms with Gasteiger partial charge in [-0.1, -0.05) is 11.8 Å². The highest BCUT2D eigenvalue weighted by Crippen LogP contribution is 2.11. The molecule has 68 valence electrons. The number of pyridine rings is 1. The molecule has 0 saturated carbocycles. The van der Waals surface area contributed by atoms with E-state index in [4.69, 9.17) is 0 Å². The average Bonchev–Trinajstić information content (AvgIpc) is 2.01. The number of rotatable bonds is 0. The van der Waals surface area contributed by atoms with Crippen LogP contribution in [0.5, 0.6) is 0 Å². The summed E-state index contributed by atoms with van der Waals surface area (Å²) in [5.41, 5.74) is 2.27. The molecule has 0 radical (unpaired) electrons. The molecule has 0 unspecified atom stereocenters. The van der Waals surface area contributed by atoms with Crippen LogP contribution in [0.2, 0.25) is 0 Å². The van der Waals surface area contributed by atoms with Crippen LogP contribution in [0, 0.1) is 24.2 Å². The summed E-state index contributed by atoms with van der Waals surface area (Å²) in [6, 6.07) is 1.98. The van der Waals surface area contributed by atoms with Crippen molar-refractivity contribution in [2.75, 3.05) is 0 Å². The first-order chi connectivity index (χ1) is 5.99. The second-order valence-corrected chi connectivity index (χ2v) is 4.19. The summed E-state index contributed by atoms with van der Waals surface area (Å²) in [7, 11) is 0. The zero-order valence-electron chi connectivity index (χ0n) is 8.68. The van der Waals surface area contributed by atoms with Gasteiger partial charge in [-0.25, -0.2) is 0 Å². The van der Waals surface area contributed by atoms with Crippen molar-refractivity contribution in [2.24, 2.45) is 5.41 Å². The van der Waals surface area contributed by atoms with Gasteiger partial charge in [-0.15, -0.1) is 0 Å². The normalized spacial score (nSPS) is 10.5. The minimum absolute atomic E-state index is 0.0578. The fourth-order valence-electron chi connectivity index (χ4n) is 0.850. The van der Waals surface area contributed by atoms with Gasteiger partial charge in [0, 0.05) is 23.4 Å². The number of hydrogen-bond donors (Lipinski definition) is 0. The first kappa shape index (κ1) is 9.80. The first-order valence-electron chi connectivity index (χ1n) is 4.43. The van der Waals surface area contributed by atoms with Gasteiger partial charge in [0.2, 0.25) is 0 Å². The summed E-state index contributed by atoms with van der Waals surface area (Å²) in [6.07, 6.45) is 3.60. The molecule has 1 heterocycles. The van der Waals surface area contributed by atoms with Crippen LogP contribution in [-0.2, 0) is 0 Å². The Labute approximate surface area is 80.2 Å². The summed E-state index contributed by atoms with van der Waals surface area (Å²) < 4.78 is 0. The van der Waals surface area contributed by atoms with Crippen molar-refractivity contribution in [3.63, 3.8) is 0 Å². The molecule has 0 bridgehead atoms. The zero-order chi connectivity index (χ0) is 9.90. The Balaban J connectivity index is 2.97. The lowest BCUT2D eigenvalue weighted by atomic mass is 9.97. The van der Waals surface area contributed by atoms with Gasteiger partial charge in [0.05, 0.1) is 0 Å². The molecule has 1 rings (SSSR count). The van der Waals surface area contributed by atoms with Crippen molar-refractivity contribution >= 4 is 0 Å². The quantitative estimate of drug-likeness (QED) is 0.550. The lowest BCUT2D eigenvalue weighted by molar-refractivity contribution is 0.571. The van der Waals surface area contributed by atoms with Gasteiger partial charge in [-0.2, -0.15) is 0 Å². The van der Waals surface area contributed by atoms with Gasteiger partial charge < -0.3 is 0 Å². The van der Waals surface area contributed by atoms with E-state index in [0.29, 0.717) is 0 Å². The Kier molecular flexibility index (Phi) is 2.72. The number of hydrogen-bond acceptors (Lipinski definition) is 1. The molecule has 13 heavy (non-hydrogen) atoms. The first-order valence-corrected chi connectivity index (χ1v) is 4.43. The van der Waals surface area contributed by atoms with Crippen LogP contribution in [0.4, 0.5) is 0 Å². The number of aromatic nitrogens is 1. The molecule has 0 amide bonds. The SMILES string of the molecule is Cc1ccncc1C#CC(C)(C)C. The third-order valence-electron chi connectivity index (χ3n) is 1.61.